The first kappa shape index (κ1) is 23.4. The Hall–Kier alpha value is -2.83. The third-order valence-corrected chi connectivity index (χ3v) is 5.29. The number of rotatable bonds is 9. The van der Waals surface area contributed by atoms with Crippen LogP contribution in [0, 0.1) is 11.8 Å². The molecule has 30 heavy (non-hydrogen) atoms. The van der Waals surface area contributed by atoms with E-state index in [1.54, 1.807) is 37.5 Å². The quantitative estimate of drug-likeness (QED) is 0.606. The molecule has 1 fully saturated rings. The number of carbonyl (C=O) groups excluding carboxylic acids is 3. The van der Waals surface area contributed by atoms with E-state index in [2.05, 4.69) is 17.2 Å². The molecule has 1 aliphatic heterocycles. The van der Waals surface area contributed by atoms with Gasteiger partial charge in [0.1, 0.15) is 11.8 Å². The van der Waals surface area contributed by atoms with Crippen LogP contribution in [-0.4, -0.2) is 55.4 Å². The van der Waals surface area contributed by atoms with Gasteiger partial charge in [-0.25, -0.2) is 0 Å². The zero-order valence-electron chi connectivity index (χ0n) is 18.1. The summed E-state index contributed by atoms with van der Waals surface area (Å²) in [5.74, 6) is 0.540. The first-order valence-electron chi connectivity index (χ1n) is 10.5. The first-order valence-corrected chi connectivity index (χ1v) is 10.5. The fourth-order valence-electron chi connectivity index (χ4n) is 3.61. The predicted octanol–water partition coefficient (Wildman–Crippen LogP) is 2.38. The van der Waals surface area contributed by atoms with Gasteiger partial charge in [-0.05, 0) is 48.9 Å². The molecule has 0 spiro atoms. The van der Waals surface area contributed by atoms with Crippen LogP contribution in [0.1, 0.15) is 43.5 Å². The summed E-state index contributed by atoms with van der Waals surface area (Å²) in [6.07, 6.45) is 3.47. The summed E-state index contributed by atoms with van der Waals surface area (Å²) in [4.78, 5) is 39.7. The molecule has 164 valence electrons. The molecule has 7 heteroatoms. The number of piperidine rings is 1. The molecule has 1 atom stereocenters. The lowest BCUT2D eigenvalue weighted by atomic mass is 9.88. The molecule has 0 unspecified atom stereocenters. The number of nitrogens with one attached hydrogen (secondary N) is 2. The van der Waals surface area contributed by atoms with Crippen molar-refractivity contribution < 1.29 is 19.1 Å². The largest absolute Gasteiger partial charge is 0.497 e. The number of carbonyl (C=O) groups is 3. The fraction of sp³-hybridized carbons (Fsp3) is 0.522. The standard InChI is InChI=1S/C23H33N3O4/c1-5-12-24-23(29)21(25-22(28)18-6-8-19(30-4)9-7-18)17-10-13-26(14-11-17)20(27)15-16(2)3/h5-9,16-17,21H,1,10-15H2,2-4H3,(H,24,29)(H,25,28)/t21-/m0/s1. The van der Waals surface area contributed by atoms with E-state index in [1.807, 2.05) is 18.7 Å². The molecule has 0 saturated carbocycles. The lowest BCUT2D eigenvalue weighted by molar-refractivity contribution is -0.133. The van der Waals surface area contributed by atoms with Gasteiger partial charge in [0.15, 0.2) is 0 Å². The van der Waals surface area contributed by atoms with Crippen LogP contribution in [0.15, 0.2) is 36.9 Å². The van der Waals surface area contributed by atoms with Crippen molar-refractivity contribution in [1.82, 2.24) is 15.5 Å². The number of benzene rings is 1. The summed E-state index contributed by atoms with van der Waals surface area (Å²) >= 11 is 0. The zero-order chi connectivity index (χ0) is 22.1. The summed E-state index contributed by atoms with van der Waals surface area (Å²) in [6.45, 7) is 9.21. The van der Waals surface area contributed by atoms with Crippen molar-refractivity contribution in [3.63, 3.8) is 0 Å². The van der Waals surface area contributed by atoms with Crippen LogP contribution >= 0.6 is 0 Å². The second kappa shape index (κ2) is 11.4. The molecule has 2 N–H and O–H groups in total. The number of nitrogens with zero attached hydrogens (tertiary/aromatic N) is 1. The van der Waals surface area contributed by atoms with E-state index in [1.165, 1.54) is 0 Å². The van der Waals surface area contributed by atoms with E-state index < -0.39 is 6.04 Å². The molecule has 1 aromatic carbocycles. The van der Waals surface area contributed by atoms with Gasteiger partial charge in [-0.15, -0.1) is 6.58 Å². The van der Waals surface area contributed by atoms with Gasteiger partial charge < -0.3 is 20.3 Å². The lowest BCUT2D eigenvalue weighted by Crippen LogP contribution is -2.53. The van der Waals surface area contributed by atoms with Gasteiger partial charge in [-0.2, -0.15) is 0 Å². The average molecular weight is 416 g/mol. The smallest absolute Gasteiger partial charge is 0.251 e. The highest BCUT2D eigenvalue weighted by Gasteiger charge is 2.33. The molecule has 1 aromatic rings. The second-order valence-corrected chi connectivity index (χ2v) is 8.03. The molecule has 3 amide bonds. The van der Waals surface area contributed by atoms with Crippen molar-refractivity contribution in [3.05, 3.63) is 42.5 Å². The molecular formula is C23H33N3O4. The van der Waals surface area contributed by atoms with E-state index in [-0.39, 0.29) is 23.6 Å². The minimum atomic E-state index is -0.665. The number of hydrogen-bond acceptors (Lipinski definition) is 4. The number of likely N-dealkylation sites (tertiary alicyclic amines) is 1. The maximum absolute atomic E-state index is 12.8. The predicted molar refractivity (Wildman–Crippen MR) is 116 cm³/mol. The highest BCUT2D eigenvalue weighted by atomic mass is 16.5. The molecule has 1 heterocycles. The van der Waals surface area contributed by atoms with Crippen LogP contribution in [0.3, 0.4) is 0 Å². The Balaban J connectivity index is 2.06. The van der Waals surface area contributed by atoms with E-state index in [4.69, 9.17) is 4.74 Å². The third-order valence-electron chi connectivity index (χ3n) is 5.29. The second-order valence-electron chi connectivity index (χ2n) is 8.03. The summed E-state index contributed by atoms with van der Waals surface area (Å²) in [5, 5.41) is 5.69. The first-order chi connectivity index (χ1) is 14.3. The van der Waals surface area contributed by atoms with Gasteiger partial charge in [0.25, 0.3) is 5.91 Å². The number of hydrogen-bond donors (Lipinski definition) is 2. The molecule has 7 nitrogen and oxygen atoms in total. The van der Waals surface area contributed by atoms with Crippen LogP contribution in [0.2, 0.25) is 0 Å². The molecule has 0 bridgehead atoms. The van der Waals surface area contributed by atoms with Crippen molar-refractivity contribution >= 4 is 17.7 Å². The van der Waals surface area contributed by atoms with E-state index >= 15 is 0 Å². The Labute approximate surface area is 178 Å². The molecule has 0 radical (unpaired) electrons. The Morgan fingerprint density at radius 1 is 1.20 bits per heavy atom. The molecule has 1 aliphatic rings. The Morgan fingerprint density at radius 2 is 1.83 bits per heavy atom. The molecule has 1 saturated heterocycles. The van der Waals surface area contributed by atoms with Crippen molar-refractivity contribution in [3.8, 4) is 5.75 Å². The van der Waals surface area contributed by atoms with Crippen LogP contribution in [0.25, 0.3) is 0 Å². The van der Waals surface area contributed by atoms with Crippen LogP contribution < -0.4 is 15.4 Å². The number of methoxy groups -OCH3 is 1. The van der Waals surface area contributed by atoms with Gasteiger partial charge in [-0.1, -0.05) is 19.9 Å². The summed E-state index contributed by atoms with van der Waals surface area (Å²) in [5.41, 5.74) is 0.460. The van der Waals surface area contributed by atoms with E-state index in [9.17, 15) is 14.4 Å². The molecule has 2 rings (SSSR count). The van der Waals surface area contributed by atoms with Gasteiger partial charge in [0.2, 0.25) is 11.8 Å². The van der Waals surface area contributed by atoms with Crippen LogP contribution in [-0.2, 0) is 9.59 Å². The zero-order valence-corrected chi connectivity index (χ0v) is 18.1. The Kier molecular flexibility index (Phi) is 8.89. The summed E-state index contributed by atoms with van der Waals surface area (Å²) in [7, 11) is 1.56. The highest BCUT2D eigenvalue weighted by molar-refractivity contribution is 5.97. The lowest BCUT2D eigenvalue weighted by Gasteiger charge is -2.36. The molecule has 0 aromatic heterocycles. The van der Waals surface area contributed by atoms with Gasteiger partial charge in [0, 0.05) is 31.6 Å². The SMILES string of the molecule is C=CCNC(=O)[C@@H](NC(=O)c1ccc(OC)cc1)C1CCN(C(=O)CC(C)C)CC1. The monoisotopic (exact) mass is 415 g/mol. The topological polar surface area (TPSA) is 87.7 Å². The normalized spacial score (nSPS) is 15.4. The van der Waals surface area contributed by atoms with Crippen molar-refractivity contribution in [2.24, 2.45) is 11.8 Å². The highest BCUT2D eigenvalue weighted by Crippen LogP contribution is 2.23. The summed E-state index contributed by atoms with van der Waals surface area (Å²) in [6, 6.07) is 6.09. The summed E-state index contributed by atoms with van der Waals surface area (Å²) < 4.78 is 5.12. The van der Waals surface area contributed by atoms with E-state index in [0.29, 0.717) is 56.1 Å². The minimum Gasteiger partial charge on any atom is -0.497 e. The molecule has 0 aliphatic carbocycles. The fourth-order valence-corrected chi connectivity index (χ4v) is 3.61. The number of amides is 3. The van der Waals surface area contributed by atoms with Gasteiger partial charge >= 0.3 is 0 Å². The van der Waals surface area contributed by atoms with E-state index in [0.717, 1.165) is 0 Å². The van der Waals surface area contributed by atoms with Gasteiger partial charge in [0.05, 0.1) is 7.11 Å². The average Bonchev–Trinajstić information content (AvgIpc) is 2.75. The van der Waals surface area contributed by atoms with Crippen LogP contribution in [0.4, 0.5) is 0 Å². The third kappa shape index (κ3) is 6.61. The maximum atomic E-state index is 12.8. The van der Waals surface area contributed by atoms with Crippen molar-refractivity contribution in [2.45, 2.75) is 39.2 Å². The minimum absolute atomic E-state index is 0.0416. The maximum Gasteiger partial charge on any atom is 0.251 e. The van der Waals surface area contributed by atoms with Gasteiger partial charge in [-0.3, -0.25) is 14.4 Å². The Morgan fingerprint density at radius 3 is 2.37 bits per heavy atom. The molecular weight excluding hydrogens is 382 g/mol. The number of ether oxygens (including phenoxy) is 1. The van der Waals surface area contributed by atoms with Crippen LogP contribution in [0.5, 0.6) is 5.75 Å². The van der Waals surface area contributed by atoms with Crippen molar-refractivity contribution in [2.75, 3.05) is 26.7 Å². The van der Waals surface area contributed by atoms with Crippen molar-refractivity contribution in [1.29, 1.82) is 0 Å². The Bertz CT molecular complexity index is 737.